The molecule has 0 amide bonds. The molecule has 0 nitrogen and oxygen atoms in total. The molecule has 3 rings (SSSR count). The average Bonchev–Trinajstić information content (AvgIpc) is 2.51. The molecule has 1 aromatic rings. The van der Waals surface area contributed by atoms with Gasteiger partial charge in [0, 0.05) is 16.4 Å². The molecule has 2 heteroatoms. The highest BCUT2D eigenvalue weighted by molar-refractivity contribution is 8.03. The minimum Gasteiger partial charge on any atom is -0.126 e. The molecule has 0 fully saturated rings. The smallest absolute Gasteiger partial charge is 0.0354 e. The maximum Gasteiger partial charge on any atom is 0.0354 e. The van der Waals surface area contributed by atoms with Crippen molar-refractivity contribution in [2.45, 2.75) is 16.4 Å². The second-order valence-electron chi connectivity index (χ2n) is 4.56. The van der Waals surface area contributed by atoms with Gasteiger partial charge in [-0.25, -0.2) is 0 Å². The molecule has 0 N–H and O–H groups in total. The van der Waals surface area contributed by atoms with Crippen LogP contribution >= 0.6 is 23.5 Å². The van der Waals surface area contributed by atoms with Crippen LogP contribution in [0.15, 0.2) is 77.6 Å². The summed E-state index contributed by atoms with van der Waals surface area (Å²) in [7, 11) is 0. The molecule has 0 aliphatic carbocycles. The Balaban J connectivity index is 1.91. The number of hydrogen-bond donors (Lipinski definition) is 0. The zero-order chi connectivity index (χ0) is 12.9. The highest BCUT2D eigenvalue weighted by Crippen LogP contribution is 2.41. The lowest BCUT2D eigenvalue weighted by molar-refractivity contribution is 0.741. The van der Waals surface area contributed by atoms with Crippen LogP contribution in [0.4, 0.5) is 0 Å². The SMILES string of the molecule is C1=CSC(C(c2ccccc2)C2C=CC=CS2)C=C1. The molecule has 2 aliphatic rings. The fraction of sp³-hybridized carbons (Fsp3) is 0.176. The molecule has 0 bridgehead atoms. The summed E-state index contributed by atoms with van der Waals surface area (Å²) in [6.45, 7) is 0. The second kappa shape index (κ2) is 6.36. The Morgan fingerprint density at radius 1 is 0.737 bits per heavy atom. The third-order valence-corrected chi connectivity index (χ3v) is 5.50. The van der Waals surface area contributed by atoms with Crippen molar-refractivity contribution in [3.63, 3.8) is 0 Å². The molecule has 0 spiro atoms. The molecular formula is C17H16S2. The third-order valence-electron chi connectivity index (χ3n) is 3.34. The van der Waals surface area contributed by atoms with E-state index in [1.807, 2.05) is 23.5 Å². The minimum atomic E-state index is 0.513. The van der Waals surface area contributed by atoms with E-state index in [2.05, 4.69) is 77.6 Å². The van der Waals surface area contributed by atoms with E-state index >= 15 is 0 Å². The van der Waals surface area contributed by atoms with Gasteiger partial charge in [0.15, 0.2) is 0 Å². The highest BCUT2D eigenvalue weighted by atomic mass is 32.2. The van der Waals surface area contributed by atoms with Gasteiger partial charge in [0.2, 0.25) is 0 Å². The second-order valence-corrected chi connectivity index (χ2v) is 6.74. The van der Waals surface area contributed by atoms with Crippen molar-refractivity contribution in [3.05, 3.63) is 83.2 Å². The van der Waals surface area contributed by atoms with E-state index in [4.69, 9.17) is 0 Å². The molecule has 1 aromatic carbocycles. The van der Waals surface area contributed by atoms with Crippen molar-refractivity contribution in [3.8, 4) is 0 Å². The van der Waals surface area contributed by atoms with Gasteiger partial charge in [-0.05, 0) is 16.4 Å². The number of benzene rings is 1. The van der Waals surface area contributed by atoms with E-state index in [9.17, 15) is 0 Å². The zero-order valence-electron chi connectivity index (χ0n) is 10.6. The van der Waals surface area contributed by atoms with E-state index < -0.39 is 0 Å². The third kappa shape index (κ3) is 3.07. The number of allylic oxidation sites excluding steroid dienone is 4. The summed E-state index contributed by atoms with van der Waals surface area (Å²) in [4.78, 5) is 0. The van der Waals surface area contributed by atoms with Crippen molar-refractivity contribution < 1.29 is 0 Å². The van der Waals surface area contributed by atoms with Crippen molar-refractivity contribution in [2.75, 3.05) is 0 Å². The molecule has 0 saturated heterocycles. The average molecular weight is 284 g/mol. The van der Waals surface area contributed by atoms with Crippen LogP contribution in [0.25, 0.3) is 0 Å². The number of thioether (sulfide) groups is 2. The van der Waals surface area contributed by atoms with Gasteiger partial charge in [0.05, 0.1) is 0 Å². The Morgan fingerprint density at radius 2 is 1.32 bits per heavy atom. The molecule has 19 heavy (non-hydrogen) atoms. The maximum absolute atomic E-state index is 2.33. The molecule has 2 unspecified atom stereocenters. The Kier molecular flexibility index (Phi) is 4.31. The van der Waals surface area contributed by atoms with Crippen molar-refractivity contribution in [1.29, 1.82) is 0 Å². The summed E-state index contributed by atoms with van der Waals surface area (Å²) >= 11 is 3.84. The van der Waals surface area contributed by atoms with Gasteiger partial charge in [-0.15, -0.1) is 23.5 Å². The fourth-order valence-corrected chi connectivity index (χ4v) is 4.63. The molecule has 0 radical (unpaired) electrons. The van der Waals surface area contributed by atoms with Crippen LogP contribution in [0.2, 0.25) is 0 Å². The molecule has 0 aromatic heterocycles. The van der Waals surface area contributed by atoms with E-state index in [1.165, 1.54) is 5.56 Å². The van der Waals surface area contributed by atoms with Crippen LogP contribution in [0.3, 0.4) is 0 Å². The summed E-state index contributed by atoms with van der Waals surface area (Å²) in [5.41, 5.74) is 1.43. The summed E-state index contributed by atoms with van der Waals surface area (Å²) < 4.78 is 0. The van der Waals surface area contributed by atoms with E-state index in [0.29, 0.717) is 16.4 Å². The molecular weight excluding hydrogens is 268 g/mol. The fourth-order valence-electron chi connectivity index (χ4n) is 2.45. The van der Waals surface area contributed by atoms with Gasteiger partial charge in [-0.3, -0.25) is 0 Å². The van der Waals surface area contributed by atoms with Crippen LogP contribution in [0.5, 0.6) is 0 Å². The quantitative estimate of drug-likeness (QED) is 0.753. The van der Waals surface area contributed by atoms with E-state index in [-0.39, 0.29) is 0 Å². The van der Waals surface area contributed by atoms with Gasteiger partial charge in [0.1, 0.15) is 0 Å². The summed E-state index contributed by atoms with van der Waals surface area (Å²) in [6.07, 6.45) is 13.2. The van der Waals surface area contributed by atoms with Crippen LogP contribution in [-0.4, -0.2) is 10.5 Å². The Labute approximate surface area is 123 Å². The van der Waals surface area contributed by atoms with Crippen LogP contribution < -0.4 is 0 Å². The Hall–Kier alpha value is -1.12. The Morgan fingerprint density at radius 3 is 1.79 bits per heavy atom. The van der Waals surface area contributed by atoms with Gasteiger partial charge in [-0.1, -0.05) is 66.8 Å². The van der Waals surface area contributed by atoms with Crippen LogP contribution in [0, 0.1) is 0 Å². The standard InChI is InChI=1S/C17H16S2/c1-2-8-14(9-3-1)17(15-10-4-6-12-18-15)16-11-5-7-13-19-16/h1-13,15-17H. The van der Waals surface area contributed by atoms with Crippen LogP contribution in [-0.2, 0) is 0 Å². The minimum absolute atomic E-state index is 0.513. The number of hydrogen-bond acceptors (Lipinski definition) is 2. The lowest BCUT2D eigenvalue weighted by Crippen LogP contribution is -2.23. The summed E-state index contributed by atoms with van der Waals surface area (Å²) in [5.74, 6) is 0.513. The van der Waals surface area contributed by atoms with E-state index in [0.717, 1.165) is 0 Å². The predicted molar refractivity (Wildman–Crippen MR) is 88.5 cm³/mol. The molecule has 2 aliphatic heterocycles. The van der Waals surface area contributed by atoms with Gasteiger partial charge in [-0.2, -0.15) is 0 Å². The first-order valence-electron chi connectivity index (χ1n) is 6.48. The van der Waals surface area contributed by atoms with Crippen molar-refractivity contribution in [2.24, 2.45) is 0 Å². The monoisotopic (exact) mass is 284 g/mol. The van der Waals surface area contributed by atoms with Crippen molar-refractivity contribution >= 4 is 23.5 Å². The topological polar surface area (TPSA) is 0 Å². The normalized spacial score (nSPS) is 26.5. The molecule has 96 valence electrons. The summed E-state index contributed by atoms with van der Waals surface area (Å²) in [6, 6.07) is 10.9. The maximum atomic E-state index is 2.33. The van der Waals surface area contributed by atoms with Crippen molar-refractivity contribution in [1.82, 2.24) is 0 Å². The first kappa shape index (κ1) is 12.9. The predicted octanol–water partition coefficient (Wildman–Crippen LogP) is 5.14. The Bertz CT molecular complexity index is 495. The van der Waals surface area contributed by atoms with Gasteiger partial charge >= 0.3 is 0 Å². The lowest BCUT2D eigenvalue weighted by Gasteiger charge is -2.31. The van der Waals surface area contributed by atoms with Gasteiger partial charge < -0.3 is 0 Å². The molecule has 2 heterocycles. The first-order chi connectivity index (χ1) is 9.45. The lowest BCUT2D eigenvalue weighted by atomic mass is 9.91. The van der Waals surface area contributed by atoms with Crippen LogP contribution in [0.1, 0.15) is 11.5 Å². The largest absolute Gasteiger partial charge is 0.126 e. The number of rotatable bonds is 3. The first-order valence-corrected chi connectivity index (χ1v) is 8.36. The van der Waals surface area contributed by atoms with E-state index in [1.54, 1.807) is 0 Å². The summed E-state index contributed by atoms with van der Waals surface area (Å²) in [5, 5.41) is 5.43. The molecule has 0 saturated carbocycles. The van der Waals surface area contributed by atoms with Gasteiger partial charge in [0.25, 0.3) is 0 Å². The zero-order valence-corrected chi connectivity index (χ0v) is 12.2. The highest BCUT2D eigenvalue weighted by Gasteiger charge is 2.29. The molecule has 2 atom stereocenters.